The number of H-pyrrole nitrogens is 1. The maximum Gasteiger partial charge on any atom is 0.341 e. The first-order valence-corrected chi connectivity index (χ1v) is 7.11. The largest absolute Gasteiger partial charge is 0.477 e. The Balaban J connectivity index is 2.03. The Morgan fingerprint density at radius 2 is 2.00 bits per heavy atom. The molecule has 22 heavy (non-hydrogen) atoms. The fourth-order valence-corrected chi connectivity index (χ4v) is 2.98. The number of carbonyl (C=O) groups is 2. The molecule has 1 aliphatic carbocycles. The third-order valence-corrected chi connectivity index (χ3v) is 4.09. The number of hydrogen-bond acceptors (Lipinski definition) is 3. The molecule has 1 aromatic heterocycles. The maximum atomic E-state index is 12.3. The molecule has 6 heteroatoms. The van der Waals surface area contributed by atoms with E-state index in [4.69, 9.17) is 16.7 Å². The number of benzene rings is 1. The summed E-state index contributed by atoms with van der Waals surface area (Å²) in [5.74, 6) is -1.59. The molecule has 1 aromatic carbocycles. The topological polar surface area (TPSA) is 87.2 Å². The molecule has 2 N–H and O–H groups in total. The Morgan fingerprint density at radius 1 is 1.23 bits per heavy atom. The standard InChI is InChI=1S/C16H12ClNO4/c17-10-3-1-2-8(4-10)9-5-13-11(14(19)6-9)7-12(16(21)22)15(20)18-13/h1-4,7,9H,5-6H2,(H,18,20)(H,21,22)/t9-/m0/s1. The van der Waals surface area contributed by atoms with Crippen molar-refractivity contribution in [1.29, 1.82) is 0 Å². The molecule has 0 saturated carbocycles. The summed E-state index contributed by atoms with van der Waals surface area (Å²) in [6.07, 6.45) is 0.731. The number of aromatic nitrogens is 1. The number of nitrogens with one attached hydrogen (secondary N) is 1. The molecule has 3 rings (SSSR count). The highest BCUT2D eigenvalue weighted by atomic mass is 35.5. The van der Waals surface area contributed by atoms with E-state index in [1.807, 2.05) is 12.1 Å². The number of halogens is 1. The van der Waals surface area contributed by atoms with Gasteiger partial charge in [-0.3, -0.25) is 9.59 Å². The van der Waals surface area contributed by atoms with Crippen molar-refractivity contribution in [3.8, 4) is 0 Å². The molecule has 1 atom stereocenters. The van der Waals surface area contributed by atoms with Crippen LogP contribution in [0.15, 0.2) is 35.1 Å². The Hall–Kier alpha value is -2.40. The quantitative estimate of drug-likeness (QED) is 0.891. The van der Waals surface area contributed by atoms with Gasteiger partial charge in [0.1, 0.15) is 5.56 Å². The Kier molecular flexibility index (Phi) is 3.58. The highest BCUT2D eigenvalue weighted by Gasteiger charge is 2.28. The van der Waals surface area contributed by atoms with E-state index in [1.165, 1.54) is 6.07 Å². The van der Waals surface area contributed by atoms with Crippen LogP contribution < -0.4 is 5.56 Å². The zero-order valence-electron chi connectivity index (χ0n) is 11.4. The van der Waals surface area contributed by atoms with Gasteiger partial charge in [-0.05, 0) is 36.1 Å². The van der Waals surface area contributed by atoms with Gasteiger partial charge in [0.15, 0.2) is 5.78 Å². The van der Waals surface area contributed by atoms with Gasteiger partial charge in [-0.15, -0.1) is 0 Å². The third-order valence-electron chi connectivity index (χ3n) is 3.86. The lowest BCUT2D eigenvalue weighted by Crippen LogP contribution is -2.27. The summed E-state index contributed by atoms with van der Waals surface area (Å²) in [6.45, 7) is 0. The zero-order valence-corrected chi connectivity index (χ0v) is 12.2. The van der Waals surface area contributed by atoms with Crippen molar-refractivity contribution in [2.24, 2.45) is 0 Å². The molecule has 0 radical (unpaired) electrons. The molecule has 1 heterocycles. The molecule has 0 spiro atoms. The molecule has 0 unspecified atom stereocenters. The second-order valence-corrected chi connectivity index (χ2v) is 5.73. The van der Waals surface area contributed by atoms with Crippen molar-refractivity contribution in [3.63, 3.8) is 0 Å². The van der Waals surface area contributed by atoms with E-state index in [1.54, 1.807) is 12.1 Å². The number of ketones is 1. The predicted octanol–water partition coefficient (Wildman–Crippen LogP) is 2.64. The minimum absolute atomic E-state index is 0.0787. The molecule has 1 aliphatic rings. The number of Topliss-reactive ketones (excluding diaryl/α,β-unsaturated/α-hetero) is 1. The SMILES string of the molecule is O=C1C[C@@H](c2cccc(Cl)c2)Cc2[nH]c(=O)c(C(=O)O)cc21. The fraction of sp³-hybridized carbons (Fsp3) is 0.188. The van der Waals surface area contributed by atoms with Crippen molar-refractivity contribution in [2.75, 3.05) is 0 Å². The number of carboxylic acids is 1. The van der Waals surface area contributed by atoms with Crippen LogP contribution in [0.2, 0.25) is 5.02 Å². The van der Waals surface area contributed by atoms with E-state index in [9.17, 15) is 14.4 Å². The Morgan fingerprint density at radius 3 is 2.68 bits per heavy atom. The number of carboxylic acid groups (broad SMARTS) is 1. The van der Waals surface area contributed by atoms with E-state index in [0.29, 0.717) is 17.1 Å². The number of pyridine rings is 1. The number of aromatic amines is 1. The van der Waals surface area contributed by atoms with Crippen LogP contribution in [0.4, 0.5) is 0 Å². The number of hydrogen-bond donors (Lipinski definition) is 2. The lowest BCUT2D eigenvalue weighted by molar-refractivity contribution is 0.0695. The van der Waals surface area contributed by atoms with E-state index >= 15 is 0 Å². The van der Waals surface area contributed by atoms with Gasteiger partial charge < -0.3 is 10.1 Å². The van der Waals surface area contributed by atoms with Crippen molar-refractivity contribution in [1.82, 2.24) is 4.98 Å². The average Bonchev–Trinajstić information content (AvgIpc) is 2.46. The van der Waals surface area contributed by atoms with Crippen LogP contribution in [0.25, 0.3) is 0 Å². The van der Waals surface area contributed by atoms with Gasteiger partial charge in [-0.25, -0.2) is 4.79 Å². The molecule has 0 fully saturated rings. The van der Waals surface area contributed by atoms with Gasteiger partial charge in [0.25, 0.3) is 5.56 Å². The van der Waals surface area contributed by atoms with Gasteiger partial charge in [0, 0.05) is 22.7 Å². The minimum Gasteiger partial charge on any atom is -0.477 e. The number of carbonyl (C=O) groups excluding carboxylic acids is 1. The second-order valence-electron chi connectivity index (χ2n) is 5.29. The monoisotopic (exact) mass is 317 g/mol. The molecule has 0 bridgehead atoms. The van der Waals surface area contributed by atoms with Crippen molar-refractivity contribution in [2.45, 2.75) is 18.8 Å². The molecular weight excluding hydrogens is 306 g/mol. The zero-order chi connectivity index (χ0) is 15.9. The van der Waals surface area contributed by atoms with Gasteiger partial charge in [0.05, 0.1) is 0 Å². The van der Waals surface area contributed by atoms with Crippen molar-refractivity contribution in [3.05, 3.63) is 68.1 Å². The molecule has 0 aliphatic heterocycles. The molecule has 5 nitrogen and oxygen atoms in total. The number of fused-ring (bicyclic) bond motifs is 1. The van der Waals surface area contributed by atoms with Gasteiger partial charge in [-0.1, -0.05) is 23.7 Å². The Labute approximate surface area is 130 Å². The first-order valence-electron chi connectivity index (χ1n) is 6.74. The highest BCUT2D eigenvalue weighted by molar-refractivity contribution is 6.30. The number of aromatic carboxylic acids is 1. The summed E-state index contributed by atoms with van der Waals surface area (Å²) in [5.41, 5.74) is 0.597. The summed E-state index contributed by atoms with van der Waals surface area (Å²) in [6, 6.07) is 8.43. The summed E-state index contributed by atoms with van der Waals surface area (Å²) >= 11 is 5.97. The summed E-state index contributed by atoms with van der Waals surface area (Å²) in [7, 11) is 0. The molecule has 0 saturated heterocycles. The molecule has 0 amide bonds. The molecule has 112 valence electrons. The predicted molar refractivity (Wildman–Crippen MR) is 80.9 cm³/mol. The smallest absolute Gasteiger partial charge is 0.341 e. The van der Waals surface area contributed by atoms with E-state index in [2.05, 4.69) is 4.98 Å². The minimum atomic E-state index is -1.34. The van der Waals surface area contributed by atoms with E-state index in [-0.39, 0.29) is 23.7 Å². The summed E-state index contributed by atoms with van der Waals surface area (Å²) in [5, 5.41) is 9.56. The average molecular weight is 318 g/mol. The normalized spacial score (nSPS) is 17.1. The van der Waals surface area contributed by atoms with Crippen LogP contribution in [0.1, 0.15) is 44.3 Å². The van der Waals surface area contributed by atoms with Crippen LogP contribution in [-0.2, 0) is 6.42 Å². The molecular formula is C16H12ClNO4. The van der Waals surface area contributed by atoms with Gasteiger partial charge in [0.2, 0.25) is 0 Å². The van der Waals surface area contributed by atoms with Crippen LogP contribution in [-0.4, -0.2) is 21.8 Å². The van der Waals surface area contributed by atoms with Gasteiger partial charge >= 0.3 is 5.97 Å². The van der Waals surface area contributed by atoms with Gasteiger partial charge in [-0.2, -0.15) is 0 Å². The van der Waals surface area contributed by atoms with E-state index in [0.717, 1.165) is 5.56 Å². The van der Waals surface area contributed by atoms with Crippen LogP contribution >= 0.6 is 11.6 Å². The highest BCUT2D eigenvalue weighted by Crippen LogP contribution is 2.32. The van der Waals surface area contributed by atoms with Crippen LogP contribution in [0.5, 0.6) is 0 Å². The lowest BCUT2D eigenvalue weighted by atomic mass is 9.81. The van der Waals surface area contributed by atoms with Crippen LogP contribution in [0, 0.1) is 0 Å². The first kappa shape index (κ1) is 14.5. The maximum absolute atomic E-state index is 12.3. The summed E-state index contributed by atoms with van der Waals surface area (Å²) < 4.78 is 0. The van der Waals surface area contributed by atoms with Crippen molar-refractivity contribution < 1.29 is 14.7 Å². The first-order chi connectivity index (χ1) is 10.5. The van der Waals surface area contributed by atoms with E-state index < -0.39 is 17.1 Å². The third kappa shape index (κ3) is 2.55. The number of rotatable bonds is 2. The molecule has 2 aromatic rings. The lowest BCUT2D eigenvalue weighted by Gasteiger charge is -2.24. The van der Waals surface area contributed by atoms with Crippen molar-refractivity contribution >= 4 is 23.4 Å². The second kappa shape index (κ2) is 5.42. The Bertz CT molecular complexity index is 840. The summed E-state index contributed by atoms with van der Waals surface area (Å²) in [4.78, 5) is 37.6. The fourth-order valence-electron chi connectivity index (χ4n) is 2.79. The van der Waals surface area contributed by atoms with Crippen LogP contribution in [0.3, 0.4) is 0 Å².